The van der Waals surface area contributed by atoms with Crippen molar-refractivity contribution in [3.8, 4) is 11.8 Å². The molecule has 0 aliphatic carbocycles. The maximum absolute atomic E-state index is 13.7. The van der Waals surface area contributed by atoms with Crippen molar-refractivity contribution in [1.29, 1.82) is 5.26 Å². The lowest BCUT2D eigenvalue weighted by molar-refractivity contribution is -0.137. The van der Waals surface area contributed by atoms with E-state index in [0.717, 1.165) is 35.4 Å². The summed E-state index contributed by atoms with van der Waals surface area (Å²) >= 11 is 5.68. The number of halogens is 3. The molecule has 0 saturated carbocycles. The highest BCUT2D eigenvalue weighted by molar-refractivity contribution is 7.81. The van der Waals surface area contributed by atoms with Crippen LogP contribution in [0.3, 0.4) is 0 Å². The van der Waals surface area contributed by atoms with E-state index in [2.05, 4.69) is 11.8 Å². The standard InChI is InChI=1S/C33H40F3N5O4S/c1-6-8-16-45-31(43)39-14-13-38(21-22(39)3)15-17-44-28-12-11-26(18-23(28)7-2)41-30(46)40(29(42)32(41,4)5)25-10-9-24(20-37)27(19-25)33(34,35)36/h9-12,18-19,22H,6-8,13-17,21H2,1-5H3/t22-/m0/s1. The SMILES string of the molecule is CCCCOC(=O)N1CCN(CCOc2ccc(N3C(=S)N(c4ccc(C#N)c(C(F)(F)F)c4)C(=O)C3(C)C)cc2CC)C[C@@H]1C. The minimum absolute atomic E-state index is 0.0209. The summed E-state index contributed by atoms with van der Waals surface area (Å²) in [6.07, 6.45) is -2.60. The second kappa shape index (κ2) is 14.3. The zero-order chi connectivity index (χ0) is 33.8. The lowest BCUT2D eigenvalue weighted by atomic mass is 10.0. The number of nitriles is 1. The number of benzene rings is 2. The first-order valence-electron chi connectivity index (χ1n) is 15.5. The summed E-state index contributed by atoms with van der Waals surface area (Å²) in [4.78, 5) is 32.7. The molecule has 2 amide bonds. The van der Waals surface area contributed by atoms with Crippen LogP contribution in [-0.2, 0) is 22.1 Å². The summed E-state index contributed by atoms with van der Waals surface area (Å²) in [7, 11) is 0. The largest absolute Gasteiger partial charge is 0.492 e. The summed E-state index contributed by atoms with van der Waals surface area (Å²) in [5, 5.41) is 9.22. The molecule has 2 aliphatic heterocycles. The Hall–Kier alpha value is -3.89. The van der Waals surface area contributed by atoms with Crippen LogP contribution in [0, 0.1) is 11.3 Å². The number of hydrogen-bond acceptors (Lipinski definition) is 7. The Morgan fingerprint density at radius 2 is 1.83 bits per heavy atom. The lowest BCUT2D eigenvalue weighted by Crippen LogP contribution is -2.54. The molecule has 0 aromatic heterocycles. The summed E-state index contributed by atoms with van der Waals surface area (Å²) < 4.78 is 52.6. The number of aryl methyl sites for hydroxylation is 1. The van der Waals surface area contributed by atoms with Crippen molar-refractivity contribution in [1.82, 2.24) is 9.80 Å². The molecule has 13 heteroatoms. The van der Waals surface area contributed by atoms with Gasteiger partial charge in [0.25, 0.3) is 5.91 Å². The maximum atomic E-state index is 13.7. The minimum atomic E-state index is -4.78. The molecule has 1 atom stereocenters. The van der Waals surface area contributed by atoms with E-state index in [1.165, 1.54) is 6.07 Å². The molecule has 2 aliphatic rings. The van der Waals surface area contributed by atoms with E-state index in [4.69, 9.17) is 21.7 Å². The highest BCUT2D eigenvalue weighted by atomic mass is 32.1. The molecule has 2 saturated heterocycles. The molecule has 0 radical (unpaired) electrons. The Morgan fingerprint density at radius 3 is 2.46 bits per heavy atom. The number of alkyl halides is 3. The molecule has 0 N–H and O–H groups in total. The highest BCUT2D eigenvalue weighted by Gasteiger charge is 2.51. The predicted octanol–water partition coefficient (Wildman–Crippen LogP) is 6.38. The number of ether oxygens (including phenoxy) is 2. The first kappa shape index (κ1) is 35.0. The van der Waals surface area contributed by atoms with Gasteiger partial charge in [0.15, 0.2) is 5.11 Å². The monoisotopic (exact) mass is 659 g/mol. The van der Waals surface area contributed by atoms with Crippen molar-refractivity contribution in [3.05, 3.63) is 53.1 Å². The number of amides is 2. The third-order valence-corrected chi connectivity index (χ3v) is 8.74. The molecule has 2 aromatic rings. The van der Waals surface area contributed by atoms with Crippen molar-refractivity contribution >= 4 is 40.7 Å². The van der Waals surface area contributed by atoms with Crippen molar-refractivity contribution < 1.29 is 32.2 Å². The lowest BCUT2D eigenvalue weighted by Gasteiger charge is -2.39. The second-order valence-electron chi connectivity index (χ2n) is 12.0. The Bertz CT molecular complexity index is 1510. The molecule has 0 bridgehead atoms. The van der Waals surface area contributed by atoms with E-state index in [-0.39, 0.29) is 22.9 Å². The van der Waals surface area contributed by atoms with Crippen molar-refractivity contribution in [2.24, 2.45) is 0 Å². The fourth-order valence-corrected chi connectivity index (χ4v) is 6.28. The number of carbonyl (C=O) groups is 2. The van der Waals surface area contributed by atoms with Gasteiger partial charge in [0.05, 0.1) is 29.5 Å². The van der Waals surface area contributed by atoms with Gasteiger partial charge in [-0.3, -0.25) is 14.6 Å². The van der Waals surface area contributed by atoms with Gasteiger partial charge >= 0.3 is 12.3 Å². The normalized spacial score (nSPS) is 18.6. The molecule has 4 rings (SSSR count). The number of nitrogens with zero attached hydrogens (tertiary/aromatic N) is 5. The zero-order valence-corrected chi connectivity index (χ0v) is 27.6. The fourth-order valence-electron chi connectivity index (χ4n) is 5.76. The molecule has 9 nitrogen and oxygen atoms in total. The van der Waals surface area contributed by atoms with Crippen LogP contribution in [0.4, 0.5) is 29.3 Å². The van der Waals surface area contributed by atoms with E-state index in [1.807, 2.05) is 26.0 Å². The maximum Gasteiger partial charge on any atom is 0.417 e. The third kappa shape index (κ3) is 7.23. The first-order valence-corrected chi connectivity index (χ1v) is 15.9. The van der Waals surface area contributed by atoms with Crippen LogP contribution in [-0.4, -0.2) is 77.9 Å². The number of anilines is 2. The van der Waals surface area contributed by atoms with Crippen LogP contribution in [0.15, 0.2) is 36.4 Å². The molecule has 2 aromatic carbocycles. The van der Waals surface area contributed by atoms with Crippen LogP contribution in [0.5, 0.6) is 5.75 Å². The Labute approximate surface area is 273 Å². The average molecular weight is 660 g/mol. The van der Waals surface area contributed by atoms with E-state index < -0.39 is 28.7 Å². The molecule has 2 fully saturated rings. The minimum Gasteiger partial charge on any atom is -0.492 e. The molecule has 0 spiro atoms. The van der Waals surface area contributed by atoms with Crippen molar-refractivity contribution in [2.75, 3.05) is 49.2 Å². The van der Waals surface area contributed by atoms with E-state index in [0.29, 0.717) is 57.3 Å². The van der Waals surface area contributed by atoms with Gasteiger partial charge in [0.2, 0.25) is 0 Å². The van der Waals surface area contributed by atoms with Crippen LogP contribution >= 0.6 is 12.2 Å². The van der Waals surface area contributed by atoms with Gasteiger partial charge in [0.1, 0.15) is 17.9 Å². The summed E-state index contributed by atoms with van der Waals surface area (Å²) in [6, 6.07) is 10.2. The number of rotatable bonds is 10. The van der Waals surface area contributed by atoms with Crippen LogP contribution in [0.1, 0.15) is 64.2 Å². The quantitative estimate of drug-likeness (QED) is 0.215. The van der Waals surface area contributed by atoms with Gasteiger partial charge in [-0.1, -0.05) is 20.3 Å². The summed E-state index contributed by atoms with van der Waals surface area (Å²) in [6.45, 7) is 12.9. The van der Waals surface area contributed by atoms with Crippen molar-refractivity contribution in [3.63, 3.8) is 0 Å². The molecule has 46 heavy (non-hydrogen) atoms. The Kier molecular flexibility index (Phi) is 10.8. The molecule has 2 heterocycles. The van der Waals surface area contributed by atoms with Crippen LogP contribution < -0.4 is 14.5 Å². The van der Waals surface area contributed by atoms with E-state index in [1.54, 1.807) is 35.8 Å². The van der Waals surface area contributed by atoms with Crippen LogP contribution in [0.25, 0.3) is 0 Å². The Balaban J connectivity index is 1.44. The van der Waals surface area contributed by atoms with Gasteiger partial charge < -0.3 is 19.3 Å². The van der Waals surface area contributed by atoms with E-state index in [9.17, 15) is 28.0 Å². The van der Waals surface area contributed by atoms with Crippen LogP contribution in [0.2, 0.25) is 0 Å². The summed E-state index contributed by atoms with van der Waals surface area (Å²) in [5.74, 6) is 0.197. The van der Waals surface area contributed by atoms with Gasteiger partial charge in [0, 0.05) is 37.9 Å². The fraction of sp³-hybridized carbons (Fsp3) is 0.515. The van der Waals surface area contributed by atoms with E-state index >= 15 is 0 Å². The Morgan fingerprint density at radius 1 is 1.11 bits per heavy atom. The van der Waals surface area contributed by atoms with Crippen molar-refractivity contribution in [2.45, 2.75) is 71.6 Å². The number of unbranched alkanes of at least 4 members (excludes halogenated alkanes) is 1. The second-order valence-corrected chi connectivity index (χ2v) is 12.3. The predicted molar refractivity (Wildman–Crippen MR) is 173 cm³/mol. The molecular formula is C33H40F3N5O4S. The smallest absolute Gasteiger partial charge is 0.417 e. The first-order chi connectivity index (χ1) is 21.7. The van der Waals surface area contributed by atoms with Gasteiger partial charge in [-0.05, 0) is 87.8 Å². The van der Waals surface area contributed by atoms with Gasteiger partial charge in [-0.25, -0.2) is 4.79 Å². The number of hydrogen-bond donors (Lipinski definition) is 0. The highest BCUT2D eigenvalue weighted by Crippen LogP contribution is 2.40. The number of piperazine rings is 1. The number of thiocarbonyl (C=S) groups is 1. The topological polar surface area (TPSA) is 89.3 Å². The van der Waals surface area contributed by atoms with Gasteiger partial charge in [-0.2, -0.15) is 18.4 Å². The third-order valence-electron chi connectivity index (χ3n) is 8.37. The number of carbonyl (C=O) groups excluding carboxylic acids is 2. The molecule has 248 valence electrons. The molecule has 0 unspecified atom stereocenters. The molecular weight excluding hydrogens is 619 g/mol. The zero-order valence-electron chi connectivity index (χ0n) is 26.8. The summed E-state index contributed by atoms with van der Waals surface area (Å²) in [5.41, 5.74) is -1.43. The average Bonchev–Trinajstić information content (AvgIpc) is 3.19. The van der Waals surface area contributed by atoms with Gasteiger partial charge in [-0.15, -0.1) is 0 Å².